The summed E-state index contributed by atoms with van der Waals surface area (Å²) in [6, 6.07) is 15.6. The van der Waals surface area contributed by atoms with Crippen LogP contribution in [0.5, 0.6) is 0 Å². The number of ether oxygens (including phenoxy) is 1. The Balaban J connectivity index is 1.59. The van der Waals surface area contributed by atoms with E-state index in [1.165, 1.54) is 0 Å². The predicted molar refractivity (Wildman–Crippen MR) is 177 cm³/mol. The van der Waals surface area contributed by atoms with Crippen LogP contribution in [0.3, 0.4) is 0 Å². The van der Waals surface area contributed by atoms with Crippen LogP contribution in [-0.2, 0) is 19.1 Å². The number of benzene rings is 2. The quantitative estimate of drug-likeness (QED) is 0.215. The second-order valence-electron chi connectivity index (χ2n) is 12.6. The maximum atomic E-state index is 14.9. The van der Waals surface area contributed by atoms with Crippen molar-refractivity contribution in [2.75, 3.05) is 36.0 Å². The van der Waals surface area contributed by atoms with Gasteiger partial charge in [-0.05, 0) is 56.4 Å². The highest BCUT2D eigenvalue weighted by Crippen LogP contribution is 2.65. The minimum Gasteiger partial charge on any atom is -0.396 e. The van der Waals surface area contributed by atoms with Gasteiger partial charge in [0.1, 0.15) is 11.6 Å². The molecular formula is C36H44ClN3O5. The number of para-hydroxylation sites is 2. The monoisotopic (exact) mass is 633 g/mol. The second kappa shape index (κ2) is 13.5. The van der Waals surface area contributed by atoms with Crippen LogP contribution in [0.1, 0.15) is 46.0 Å². The molecule has 2 bridgehead atoms. The lowest BCUT2D eigenvalue weighted by atomic mass is 9.62. The third-order valence-electron chi connectivity index (χ3n) is 9.99. The summed E-state index contributed by atoms with van der Waals surface area (Å²) >= 11 is 6.60. The van der Waals surface area contributed by atoms with E-state index < -0.39 is 29.1 Å². The highest BCUT2D eigenvalue weighted by molar-refractivity contribution is 6.34. The van der Waals surface area contributed by atoms with Gasteiger partial charge in [-0.3, -0.25) is 14.4 Å². The lowest BCUT2D eigenvalue weighted by Crippen LogP contribution is -2.57. The number of fused-ring (bicyclic) bond motifs is 1. The molecule has 6 atom stereocenters. The Kier molecular flexibility index (Phi) is 9.87. The summed E-state index contributed by atoms with van der Waals surface area (Å²) in [6.45, 7) is 12.7. The normalized spacial score (nSPS) is 28.2. The fourth-order valence-corrected chi connectivity index (χ4v) is 8.10. The number of nitrogens with zero attached hydrogens (tertiary/aromatic N) is 3. The van der Waals surface area contributed by atoms with Gasteiger partial charge in [-0.25, -0.2) is 0 Å². The molecule has 3 fully saturated rings. The van der Waals surface area contributed by atoms with Crippen molar-refractivity contribution in [1.82, 2.24) is 4.90 Å². The van der Waals surface area contributed by atoms with Gasteiger partial charge < -0.3 is 24.5 Å². The average molecular weight is 634 g/mol. The molecular weight excluding hydrogens is 590 g/mol. The topological polar surface area (TPSA) is 90.4 Å². The van der Waals surface area contributed by atoms with E-state index in [1.54, 1.807) is 45.1 Å². The first kappa shape index (κ1) is 32.9. The van der Waals surface area contributed by atoms with Crippen LogP contribution in [-0.4, -0.2) is 71.2 Å². The maximum Gasteiger partial charge on any atom is 0.253 e. The number of hydrogen-bond acceptors (Lipinski definition) is 5. The summed E-state index contributed by atoms with van der Waals surface area (Å²) < 4.78 is 6.98. The van der Waals surface area contributed by atoms with Gasteiger partial charge in [-0.2, -0.15) is 0 Å². The Hall–Kier alpha value is -3.46. The summed E-state index contributed by atoms with van der Waals surface area (Å²) in [4.78, 5) is 49.1. The fourth-order valence-electron chi connectivity index (χ4n) is 7.86. The number of likely N-dealkylation sites (tertiary alicyclic amines) is 1. The zero-order valence-electron chi connectivity index (χ0n) is 26.2. The highest BCUT2D eigenvalue weighted by Gasteiger charge is 2.80. The smallest absolute Gasteiger partial charge is 0.253 e. The first-order valence-electron chi connectivity index (χ1n) is 15.9. The molecule has 2 aromatic rings. The Morgan fingerprint density at radius 1 is 1.00 bits per heavy atom. The first-order chi connectivity index (χ1) is 21.7. The first-order valence-corrected chi connectivity index (χ1v) is 16.3. The van der Waals surface area contributed by atoms with Gasteiger partial charge in [0.2, 0.25) is 11.8 Å². The van der Waals surface area contributed by atoms with E-state index in [1.807, 2.05) is 50.2 Å². The van der Waals surface area contributed by atoms with Crippen molar-refractivity contribution in [3.05, 3.63) is 84.9 Å². The Morgan fingerprint density at radius 2 is 1.64 bits per heavy atom. The standard InChI is InChI=1S/C36H44ClN3O5/c1-5-20-38(26-16-10-9-11-17-26)32(42)29-30-33(43)40(22-14-7-8-15-23-41)31(36(30)24-25(3)35(29,4)45-36)34(44)39(21-6-2)28-19-13-12-18-27(28)37/h5-6,9-13,16-19,25,29-31,41H,1-2,7-8,14-15,20-24H2,3-4H3/t25?,29-,30+,31?,35+,36?/m1/s1. The average Bonchev–Trinajstić information content (AvgIpc) is 3.55. The van der Waals surface area contributed by atoms with Gasteiger partial charge in [0.15, 0.2) is 0 Å². The molecule has 3 aliphatic rings. The van der Waals surface area contributed by atoms with Crippen LogP contribution in [0, 0.1) is 17.8 Å². The molecule has 3 saturated heterocycles. The second-order valence-corrected chi connectivity index (χ2v) is 13.0. The van der Waals surface area contributed by atoms with Gasteiger partial charge in [0.05, 0.1) is 28.1 Å². The van der Waals surface area contributed by atoms with Gasteiger partial charge in [0, 0.05) is 31.9 Å². The molecule has 0 aromatic heterocycles. The molecule has 1 N–H and O–H groups in total. The Bertz CT molecular complexity index is 1430. The molecule has 1 spiro atoms. The molecule has 2 aromatic carbocycles. The zero-order chi connectivity index (χ0) is 32.4. The molecule has 3 heterocycles. The number of halogens is 1. The maximum absolute atomic E-state index is 14.9. The SMILES string of the molecule is C=CCN(C(=O)[C@H]1[C@H]2C(=O)N(CCCCCCO)C(C(=O)N(CC=C)c3ccccc3Cl)C23CC(C)[C@]1(C)O3)c1ccccc1. The molecule has 3 aliphatic heterocycles. The molecule has 45 heavy (non-hydrogen) atoms. The summed E-state index contributed by atoms with van der Waals surface area (Å²) in [7, 11) is 0. The Morgan fingerprint density at radius 3 is 2.31 bits per heavy atom. The van der Waals surface area contributed by atoms with Crippen LogP contribution in [0.15, 0.2) is 79.9 Å². The summed E-state index contributed by atoms with van der Waals surface area (Å²) in [5.74, 6) is -2.45. The molecule has 8 nitrogen and oxygen atoms in total. The van der Waals surface area contributed by atoms with Crippen LogP contribution in [0.25, 0.3) is 0 Å². The van der Waals surface area contributed by atoms with Crippen LogP contribution >= 0.6 is 11.6 Å². The lowest BCUT2D eigenvalue weighted by molar-refractivity contribution is -0.145. The molecule has 5 rings (SSSR count). The number of aliphatic hydroxyl groups is 1. The third-order valence-corrected chi connectivity index (χ3v) is 10.3. The number of rotatable bonds is 14. The Labute approximate surface area is 271 Å². The largest absolute Gasteiger partial charge is 0.396 e. The van der Waals surface area contributed by atoms with Gasteiger partial charge in [-0.1, -0.05) is 73.9 Å². The van der Waals surface area contributed by atoms with Crippen molar-refractivity contribution in [3.8, 4) is 0 Å². The van der Waals surface area contributed by atoms with Crippen molar-refractivity contribution in [3.63, 3.8) is 0 Å². The fraction of sp³-hybridized carbons (Fsp3) is 0.472. The van der Waals surface area contributed by atoms with E-state index in [4.69, 9.17) is 16.3 Å². The lowest BCUT2D eigenvalue weighted by Gasteiger charge is -2.39. The van der Waals surface area contributed by atoms with Crippen molar-refractivity contribution in [2.45, 2.75) is 63.2 Å². The van der Waals surface area contributed by atoms with E-state index in [0.29, 0.717) is 42.2 Å². The summed E-state index contributed by atoms with van der Waals surface area (Å²) in [5.41, 5.74) is -0.902. The summed E-state index contributed by atoms with van der Waals surface area (Å²) in [5, 5.41) is 9.67. The minimum atomic E-state index is -1.19. The van der Waals surface area contributed by atoms with Gasteiger partial charge in [0.25, 0.3) is 5.91 Å². The number of unbranched alkanes of at least 4 members (excludes halogenated alkanes) is 3. The van der Waals surface area contributed by atoms with Crippen LogP contribution in [0.2, 0.25) is 5.02 Å². The van der Waals surface area contributed by atoms with E-state index >= 15 is 0 Å². The van der Waals surface area contributed by atoms with E-state index in [0.717, 1.165) is 12.8 Å². The van der Waals surface area contributed by atoms with Gasteiger partial charge >= 0.3 is 0 Å². The highest BCUT2D eigenvalue weighted by atomic mass is 35.5. The van der Waals surface area contributed by atoms with E-state index in [9.17, 15) is 19.5 Å². The van der Waals surface area contributed by atoms with Crippen molar-refractivity contribution in [1.29, 1.82) is 0 Å². The molecule has 0 saturated carbocycles. The number of amides is 3. The molecule has 0 radical (unpaired) electrons. The predicted octanol–water partition coefficient (Wildman–Crippen LogP) is 5.64. The number of anilines is 2. The molecule has 240 valence electrons. The zero-order valence-corrected chi connectivity index (χ0v) is 27.0. The molecule has 0 aliphatic carbocycles. The molecule has 3 amide bonds. The van der Waals surface area contributed by atoms with E-state index in [2.05, 4.69) is 13.2 Å². The van der Waals surface area contributed by atoms with Crippen molar-refractivity contribution < 1.29 is 24.2 Å². The minimum absolute atomic E-state index is 0.0928. The van der Waals surface area contributed by atoms with Crippen molar-refractivity contribution >= 4 is 40.7 Å². The molecule has 3 unspecified atom stereocenters. The van der Waals surface area contributed by atoms with E-state index in [-0.39, 0.29) is 43.3 Å². The number of hydrogen-bond donors (Lipinski definition) is 1. The molecule has 9 heteroatoms. The van der Waals surface area contributed by atoms with Crippen LogP contribution in [0.4, 0.5) is 11.4 Å². The number of carbonyl (C=O) groups excluding carboxylic acids is 3. The van der Waals surface area contributed by atoms with Crippen molar-refractivity contribution in [2.24, 2.45) is 17.8 Å². The summed E-state index contributed by atoms with van der Waals surface area (Å²) in [6.07, 6.45) is 6.73. The van der Waals surface area contributed by atoms with Gasteiger partial charge in [-0.15, -0.1) is 13.2 Å². The number of aliphatic hydroxyl groups excluding tert-OH is 1. The third kappa shape index (κ3) is 5.62. The van der Waals surface area contributed by atoms with Crippen LogP contribution < -0.4 is 9.80 Å². The number of carbonyl (C=O) groups is 3.